The molecule has 0 aromatic carbocycles. The molecule has 10 heavy (non-hydrogen) atoms. The third-order valence-electron chi connectivity index (χ3n) is 0.538. The molecule has 0 bridgehead atoms. The van der Waals surface area contributed by atoms with Gasteiger partial charge in [0.05, 0.1) is 0 Å². The zero-order valence-electron chi connectivity index (χ0n) is 5.16. The van der Waals surface area contributed by atoms with Gasteiger partial charge in [-0.05, 0) is 0 Å². The molecule has 62 valence electrons. The summed E-state index contributed by atoms with van der Waals surface area (Å²) < 4.78 is 33.6. The fraction of sp³-hybridized carbons (Fsp3) is 0.750. The van der Waals surface area contributed by atoms with Crippen LogP contribution in [0.3, 0.4) is 0 Å². The Morgan fingerprint density at radius 3 is 2.00 bits per heavy atom. The van der Waals surface area contributed by atoms with Gasteiger partial charge in [0.15, 0.2) is 0 Å². The van der Waals surface area contributed by atoms with Crippen molar-refractivity contribution in [2.45, 2.75) is 13.1 Å². The summed E-state index contributed by atoms with van der Waals surface area (Å²) in [5.74, 6) is -0.674. The minimum absolute atomic E-state index is 0. The lowest BCUT2D eigenvalue weighted by Gasteiger charge is -2.04. The first-order chi connectivity index (χ1) is 3.92. The second kappa shape index (κ2) is 4.38. The monoisotopic (exact) mass is 177 g/mol. The second-order valence-corrected chi connectivity index (χ2v) is 1.52. The smallest absolute Gasteiger partial charge is 0.347 e. The van der Waals surface area contributed by atoms with E-state index in [2.05, 4.69) is 0 Å². The Morgan fingerprint density at radius 2 is 1.90 bits per heavy atom. The van der Waals surface area contributed by atoms with Crippen LogP contribution >= 0.6 is 12.4 Å². The Balaban J connectivity index is 0. The topological polar surface area (TPSA) is 29.1 Å². The average molecular weight is 178 g/mol. The predicted octanol–water partition coefficient (Wildman–Crippen LogP) is 1.11. The number of carbonyl (C=O) groups is 1. The number of nitrogens with one attached hydrogen (secondary N) is 1. The van der Waals surface area contributed by atoms with Gasteiger partial charge in [-0.2, -0.15) is 13.2 Å². The van der Waals surface area contributed by atoms with Gasteiger partial charge in [-0.3, -0.25) is 4.79 Å². The van der Waals surface area contributed by atoms with Gasteiger partial charge in [-0.15, -0.1) is 12.4 Å². The standard InChI is InChI=1S/C4H6F3NO.ClH/c1-3(9)8-2-4(5,6)7;/h2H2,1H3,(H,8,9);1H. The predicted molar refractivity (Wildman–Crippen MR) is 32.0 cm³/mol. The van der Waals surface area contributed by atoms with Crippen molar-refractivity contribution in [3.8, 4) is 0 Å². The molecule has 2 nitrogen and oxygen atoms in total. The summed E-state index contributed by atoms with van der Waals surface area (Å²) in [6.07, 6.45) is -4.30. The van der Waals surface area contributed by atoms with Crippen LogP contribution in [0.1, 0.15) is 6.92 Å². The third-order valence-corrected chi connectivity index (χ3v) is 0.538. The maximum Gasteiger partial charge on any atom is 0.405 e. The van der Waals surface area contributed by atoms with Crippen molar-refractivity contribution in [3.63, 3.8) is 0 Å². The van der Waals surface area contributed by atoms with E-state index in [1.807, 2.05) is 0 Å². The van der Waals surface area contributed by atoms with Gasteiger partial charge in [0.25, 0.3) is 0 Å². The zero-order chi connectivity index (χ0) is 7.49. The Kier molecular flexibility index (Phi) is 5.36. The van der Waals surface area contributed by atoms with Gasteiger partial charge >= 0.3 is 6.18 Å². The molecule has 1 N–H and O–H groups in total. The Hall–Kier alpha value is -0.450. The highest BCUT2D eigenvalue weighted by Gasteiger charge is 2.26. The largest absolute Gasteiger partial charge is 0.405 e. The number of carbonyl (C=O) groups excluding carboxylic acids is 1. The zero-order valence-corrected chi connectivity index (χ0v) is 5.97. The minimum atomic E-state index is -4.30. The van der Waals surface area contributed by atoms with Crippen molar-refractivity contribution in [1.29, 1.82) is 0 Å². The van der Waals surface area contributed by atoms with Gasteiger partial charge < -0.3 is 5.32 Å². The van der Waals surface area contributed by atoms with Crippen molar-refractivity contribution in [2.75, 3.05) is 6.54 Å². The fourth-order valence-corrected chi connectivity index (χ4v) is 0.225. The number of amides is 1. The van der Waals surface area contributed by atoms with Crippen molar-refractivity contribution in [2.24, 2.45) is 0 Å². The molecule has 0 fully saturated rings. The lowest BCUT2D eigenvalue weighted by molar-refractivity contribution is -0.137. The normalized spacial score (nSPS) is 10.0. The highest BCUT2D eigenvalue weighted by Crippen LogP contribution is 2.11. The molecule has 0 heterocycles. The Morgan fingerprint density at radius 1 is 1.50 bits per heavy atom. The summed E-state index contributed by atoms with van der Waals surface area (Å²) in [5, 5.41) is 1.62. The van der Waals surface area contributed by atoms with Gasteiger partial charge in [0.1, 0.15) is 6.54 Å². The van der Waals surface area contributed by atoms with Crippen LogP contribution in [-0.4, -0.2) is 18.6 Å². The maximum atomic E-state index is 11.2. The van der Waals surface area contributed by atoms with Gasteiger partial charge in [-0.25, -0.2) is 0 Å². The fourth-order valence-electron chi connectivity index (χ4n) is 0.225. The summed E-state index contributed by atoms with van der Waals surface area (Å²) in [4.78, 5) is 9.88. The summed E-state index contributed by atoms with van der Waals surface area (Å²) in [7, 11) is 0. The van der Waals surface area contributed by atoms with E-state index in [9.17, 15) is 18.0 Å². The van der Waals surface area contributed by atoms with E-state index < -0.39 is 18.6 Å². The molecular formula is C4H7ClF3NO. The highest BCUT2D eigenvalue weighted by atomic mass is 35.5. The van der Waals surface area contributed by atoms with Crippen LogP contribution in [0.15, 0.2) is 0 Å². The minimum Gasteiger partial charge on any atom is -0.347 e. The second-order valence-electron chi connectivity index (χ2n) is 1.52. The quantitative estimate of drug-likeness (QED) is 0.639. The van der Waals surface area contributed by atoms with Gasteiger partial charge in [-0.1, -0.05) is 0 Å². The summed E-state index contributed by atoms with van der Waals surface area (Å²) >= 11 is 0. The number of halogens is 4. The van der Waals surface area contributed by atoms with E-state index in [1.54, 1.807) is 5.32 Å². The van der Waals surface area contributed by atoms with Crippen LogP contribution in [0.5, 0.6) is 0 Å². The molecule has 1 amide bonds. The third kappa shape index (κ3) is 10.5. The number of rotatable bonds is 1. The van der Waals surface area contributed by atoms with Gasteiger partial charge in [0, 0.05) is 6.92 Å². The first kappa shape index (κ1) is 12.2. The lowest BCUT2D eigenvalue weighted by Crippen LogP contribution is -2.31. The van der Waals surface area contributed by atoms with Crippen LogP contribution < -0.4 is 5.32 Å². The van der Waals surface area contributed by atoms with E-state index >= 15 is 0 Å². The molecule has 0 atom stereocenters. The molecule has 0 rings (SSSR count). The van der Waals surface area contributed by atoms with Crippen molar-refractivity contribution in [3.05, 3.63) is 0 Å². The molecule has 0 saturated heterocycles. The van der Waals surface area contributed by atoms with Crippen LogP contribution in [0.2, 0.25) is 0 Å². The van der Waals surface area contributed by atoms with Crippen molar-refractivity contribution >= 4 is 18.3 Å². The van der Waals surface area contributed by atoms with Crippen molar-refractivity contribution in [1.82, 2.24) is 5.32 Å². The molecule has 0 unspecified atom stereocenters. The van der Waals surface area contributed by atoms with Crippen LogP contribution in [-0.2, 0) is 4.79 Å². The van der Waals surface area contributed by atoms with E-state index in [4.69, 9.17) is 0 Å². The van der Waals surface area contributed by atoms with Gasteiger partial charge in [0.2, 0.25) is 5.91 Å². The maximum absolute atomic E-state index is 11.2. The average Bonchev–Trinajstić information content (AvgIpc) is 1.59. The Labute approximate surface area is 62.2 Å². The molecule has 0 aromatic heterocycles. The molecule has 0 aromatic rings. The first-order valence-electron chi connectivity index (χ1n) is 2.23. The molecule has 0 saturated carbocycles. The highest BCUT2D eigenvalue weighted by molar-refractivity contribution is 5.85. The van der Waals surface area contributed by atoms with Crippen molar-refractivity contribution < 1.29 is 18.0 Å². The molecular weight excluding hydrogens is 170 g/mol. The Bertz CT molecular complexity index is 114. The molecule has 0 spiro atoms. The number of alkyl halides is 3. The van der Waals surface area contributed by atoms with E-state index in [1.165, 1.54) is 0 Å². The van der Waals surface area contributed by atoms with Crippen LogP contribution in [0.4, 0.5) is 13.2 Å². The SMILES string of the molecule is CC(=O)NCC(F)(F)F.Cl. The van der Waals surface area contributed by atoms with E-state index in [0.717, 1.165) is 6.92 Å². The summed E-state index contributed by atoms with van der Waals surface area (Å²) in [6.45, 7) is -0.214. The molecule has 0 aliphatic carbocycles. The number of hydrogen-bond donors (Lipinski definition) is 1. The van der Waals surface area contributed by atoms with Crippen LogP contribution in [0.25, 0.3) is 0 Å². The number of hydrogen-bond acceptors (Lipinski definition) is 1. The lowest BCUT2D eigenvalue weighted by atomic mass is 10.6. The first-order valence-corrected chi connectivity index (χ1v) is 2.23. The summed E-state index contributed by atoms with van der Waals surface area (Å²) in [6, 6.07) is 0. The summed E-state index contributed by atoms with van der Waals surface area (Å²) in [5.41, 5.74) is 0. The van der Waals surface area contributed by atoms with Crippen LogP contribution in [0, 0.1) is 0 Å². The molecule has 0 aliphatic heterocycles. The van der Waals surface area contributed by atoms with E-state index in [-0.39, 0.29) is 12.4 Å². The molecule has 6 heteroatoms. The van der Waals surface area contributed by atoms with E-state index in [0.29, 0.717) is 0 Å². The molecule has 0 aliphatic rings. The molecule has 0 radical (unpaired) electrons.